The monoisotopic (exact) mass is 447 g/mol. The van der Waals surface area contributed by atoms with Crippen molar-refractivity contribution in [1.29, 1.82) is 0 Å². The van der Waals surface area contributed by atoms with Crippen LogP contribution in [-0.4, -0.2) is 48.7 Å². The molecule has 0 unspecified atom stereocenters. The minimum Gasteiger partial charge on any atom is -0.455 e. The second-order valence-corrected chi connectivity index (χ2v) is 8.68. The van der Waals surface area contributed by atoms with Gasteiger partial charge in [-0.05, 0) is 42.3 Å². The summed E-state index contributed by atoms with van der Waals surface area (Å²) in [4.78, 5) is 17.3. The van der Waals surface area contributed by atoms with Crippen molar-refractivity contribution in [3.8, 4) is 11.5 Å². The normalized spacial score (nSPS) is 16.2. The summed E-state index contributed by atoms with van der Waals surface area (Å²) in [5.74, 6) is 2.66. The van der Waals surface area contributed by atoms with E-state index in [1.165, 1.54) is 11.1 Å². The lowest BCUT2D eigenvalue weighted by atomic mass is 10.1. The van der Waals surface area contributed by atoms with E-state index in [2.05, 4.69) is 33.3 Å². The molecule has 3 heterocycles. The number of fused-ring (bicyclic) bond motifs is 1. The van der Waals surface area contributed by atoms with Crippen LogP contribution in [0.25, 0.3) is 0 Å². The Morgan fingerprint density at radius 1 is 0.879 bits per heavy atom. The van der Waals surface area contributed by atoms with E-state index in [9.17, 15) is 4.79 Å². The van der Waals surface area contributed by atoms with Gasteiger partial charge in [-0.1, -0.05) is 35.9 Å². The fourth-order valence-electron chi connectivity index (χ4n) is 4.30. The number of furan rings is 1. The van der Waals surface area contributed by atoms with Crippen molar-refractivity contribution in [2.75, 3.05) is 33.0 Å². The number of hydrogen-bond donors (Lipinski definition) is 1. The van der Waals surface area contributed by atoms with Crippen LogP contribution in [-0.2, 0) is 19.6 Å². The van der Waals surface area contributed by atoms with E-state index in [-0.39, 0.29) is 5.91 Å². The first-order valence-corrected chi connectivity index (χ1v) is 11.4. The molecule has 0 saturated carbocycles. The van der Waals surface area contributed by atoms with Gasteiger partial charge in [0.05, 0.1) is 6.54 Å². The van der Waals surface area contributed by atoms with Gasteiger partial charge in [0.25, 0.3) is 5.91 Å². The largest absolute Gasteiger partial charge is 0.455 e. The number of rotatable bonds is 7. The van der Waals surface area contributed by atoms with Crippen LogP contribution in [0.1, 0.15) is 33.0 Å². The number of nitrogens with one attached hydrogen (secondary N) is 1. The number of piperazine rings is 1. The van der Waals surface area contributed by atoms with Crippen LogP contribution in [0.3, 0.4) is 0 Å². The molecule has 1 amide bonds. The van der Waals surface area contributed by atoms with E-state index < -0.39 is 0 Å². The molecule has 1 fully saturated rings. The molecule has 33 heavy (non-hydrogen) atoms. The van der Waals surface area contributed by atoms with Gasteiger partial charge in [-0.3, -0.25) is 14.6 Å². The highest BCUT2D eigenvalue weighted by Gasteiger charge is 2.20. The fourth-order valence-corrected chi connectivity index (χ4v) is 4.30. The molecule has 0 radical (unpaired) electrons. The van der Waals surface area contributed by atoms with Crippen molar-refractivity contribution < 1.29 is 18.7 Å². The van der Waals surface area contributed by atoms with E-state index in [0.29, 0.717) is 25.6 Å². The molecule has 7 nitrogen and oxygen atoms in total. The van der Waals surface area contributed by atoms with Crippen LogP contribution >= 0.6 is 0 Å². The zero-order valence-electron chi connectivity index (χ0n) is 18.9. The predicted molar refractivity (Wildman–Crippen MR) is 124 cm³/mol. The first-order chi connectivity index (χ1) is 16.1. The number of ether oxygens (including phenoxy) is 2. The molecule has 5 rings (SSSR count). The molecule has 2 aromatic carbocycles. The van der Waals surface area contributed by atoms with Gasteiger partial charge in [0.1, 0.15) is 5.76 Å². The molecular weight excluding hydrogens is 418 g/mol. The molecule has 172 valence electrons. The Kier molecular flexibility index (Phi) is 6.32. The SMILES string of the molecule is Cc1cccc(CNC(=O)c2ccc(CN3CCN(Cc4ccc5c(c4)OCO5)CC3)o2)c1. The summed E-state index contributed by atoms with van der Waals surface area (Å²) < 4.78 is 16.7. The Bertz CT molecular complexity index is 1120. The number of nitrogens with zero attached hydrogens (tertiary/aromatic N) is 2. The molecule has 3 aromatic rings. The minimum atomic E-state index is -0.184. The van der Waals surface area contributed by atoms with E-state index in [0.717, 1.165) is 55.5 Å². The molecule has 2 aliphatic rings. The van der Waals surface area contributed by atoms with Crippen LogP contribution in [0.4, 0.5) is 0 Å². The van der Waals surface area contributed by atoms with Crippen molar-refractivity contribution in [2.45, 2.75) is 26.6 Å². The summed E-state index contributed by atoms with van der Waals surface area (Å²) in [6.07, 6.45) is 0. The molecule has 2 aliphatic heterocycles. The third-order valence-corrected chi connectivity index (χ3v) is 6.11. The van der Waals surface area contributed by atoms with E-state index >= 15 is 0 Å². The number of aryl methyl sites for hydroxylation is 1. The Morgan fingerprint density at radius 2 is 1.67 bits per heavy atom. The van der Waals surface area contributed by atoms with Gasteiger partial charge in [0.15, 0.2) is 17.3 Å². The predicted octanol–water partition coefficient (Wildman–Crippen LogP) is 3.56. The lowest BCUT2D eigenvalue weighted by Gasteiger charge is -2.34. The Hall–Kier alpha value is -3.29. The third kappa shape index (κ3) is 5.38. The fraction of sp³-hybridized carbons (Fsp3) is 0.346. The lowest BCUT2D eigenvalue weighted by molar-refractivity contribution is 0.0912. The summed E-state index contributed by atoms with van der Waals surface area (Å²) >= 11 is 0. The Labute approximate surface area is 193 Å². The maximum Gasteiger partial charge on any atom is 0.287 e. The highest BCUT2D eigenvalue weighted by atomic mass is 16.7. The highest BCUT2D eigenvalue weighted by Crippen LogP contribution is 2.32. The molecular formula is C26H29N3O4. The van der Waals surface area contributed by atoms with Crippen LogP contribution in [0.15, 0.2) is 59.0 Å². The maximum atomic E-state index is 12.5. The van der Waals surface area contributed by atoms with Crippen LogP contribution in [0, 0.1) is 6.92 Å². The summed E-state index contributed by atoms with van der Waals surface area (Å²) in [5, 5.41) is 2.93. The standard InChI is InChI=1S/C26H29N3O4/c1-19-3-2-4-20(13-19)15-27-26(30)24-8-6-22(33-24)17-29-11-9-28(10-12-29)16-21-5-7-23-25(14-21)32-18-31-23/h2-8,13-14H,9-12,15-18H2,1H3,(H,27,30). The Morgan fingerprint density at radius 3 is 2.48 bits per heavy atom. The number of carbonyl (C=O) groups is 1. The van der Waals surface area contributed by atoms with Gasteiger partial charge in [0.2, 0.25) is 6.79 Å². The summed E-state index contributed by atoms with van der Waals surface area (Å²) in [6, 6.07) is 17.9. The second-order valence-electron chi connectivity index (χ2n) is 8.68. The van der Waals surface area contributed by atoms with Crippen molar-refractivity contribution in [3.05, 3.63) is 82.8 Å². The smallest absolute Gasteiger partial charge is 0.287 e. The van der Waals surface area contributed by atoms with Crippen LogP contribution < -0.4 is 14.8 Å². The van der Waals surface area contributed by atoms with Gasteiger partial charge >= 0.3 is 0 Å². The van der Waals surface area contributed by atoms with Crippen molar-refractivity contribution in [3.63, 3.8) is 0 Å². The number of carbonyl (C=O) groups excluding carboxylic acids is 1. The highest BCUT2D eigenvalue weighted by molar-refractivity contribution is 5.91. The molecule has 0 atom stereocenters. The number of benzene rings is 2. The van der Waals surface area contributed by atoms with Gasteiger partial charge < -0.3 is 19.2 Å². The summed E-state index contributed by atoms with van der Waals surface area (Å²) in [6.45, 7) is 8.33. The van der Waals surface area contributed by atoms with Gasteiger partial charge in [-0.15, -0.1) is 0 Å². The number of amides is 1. The van der Waals surface area contributed by atoms with E-state index in [4.69, 9.17) is 13.9 Å². The zero-order valence-corrected chi connectivity index (χ0v) is 18.9. The zero-order chi connectivity index (χ0) is 22.6. The first-order valence-electron chi connectivity index (χ1n) is 11.4. The third-order valence-electron chi connectivity index (χ3n) is 6.11. The summed E-state index contributed by atoms with van der Waals surface area (Å²) in [5.41, 5.74) is 3.49. The van der Waals surface area contributed by atoms with E-state index in [1.54, 1.807) is 6.07 Å². The topological polar surface area (TPSA) is 67.2 Å². The molecule has 0 bridgehead atoms. The average Bonchev–Trinajstić information content (AvgIpc) is 3.48. The second kappa shape index (κ2) is 9.68. The van der Waals surface area contributed by atoms with Crippen molar-refractivity contribution in [1.82, 2.24) is 15.1 Å². The summed E-state index contributed by atoms with van der Waals surface area (Å²) in [7, 11) is 0. The maximum absolute atomic E-state index is 12.5. The molecule has 1 aromatic heterocycles. The van der Waals surface area contributed by atoms with Crippen molar-refractivity contribution >= 4 is 5.91 Å². The van der Waals surface area contributed by atoms with Crippen LogP contribution in [0.2, 0.25) is 0 Å². The minimum absolute atomic E-state index is 0.184. The number of hydrogen-bond acceptors (Lipinski definition) is 6. The lowest BCUT2D eigenvalue weighted by Crippen LogP contribution is -2.45. The van der Waals surface area contributed by atoms with Crippen molar-refractivity contribution in [2.24, 2.45) is 0 Å². The molecule has 1 saturated heterocycles. The first kappa shape index (κ1) is 21.6. The van der Waals surface area contributed by atoms with E-state index in [1.807, 2.05) is 37.3 Å². The quantitative estimate of drug-likeness (QED) is 0.597. The molecule has 7 heteroatoms. The van der Waals surface area contributed by atoms with Gasteiger partial charge in [-0.25, -0.2) is 0 Å². The Balaban J connectivity index is 1.08. The van der Waals surface area contributed by atoms with Gasteiger partial charge in [-0.2, -0.15) is 0 Å². The average molecular weight is 448 g/mol. The molecule has 1 N–H and O–H groups in total. The molecule has 0 aliphatic carbocycles. The van der Waals surface area contributed by atoms with Gasteiger partial charge in [0, 0.05) is 39.3 Å². The van der Waals surface area contributed by atoms with Crippen LogP contribution in [0.5, 0.6) is 11.5 Å². The molecule has 0 spiro atoms.